The van der Waals surface area contributed by atoms with Gasteiger partial charge in [0.1, 0.15) is 6.34 Å². The zero-order valence-corrected chi connectivity index (χ0v) is 18.5. The van der Waals surface area contributed by atoms with Crippen molar-refractivity contribution in [3.05, 3.63) is 106 Å². The van der Waals surface area contributed by atoms with E-state index in [1.165, 1.54) is 0 Å². The minimum atomic E-state index is -0.140. The van der Waals surface area contributed by atoms with E-state index < -0.39 is 0 Å². The van der Waals surface area contributed by atoms with Crippen LogP contribution in [0.2, 0.25) is 0 Å². The summed E-state index contributed by atoms with van der Waals surface area (Å²) in [7, 11) is 0. The number of amides is 1. The minimum absolute atomic E-state index is 0.140. The molecule has 0 radical (unpaired) electrons. The maximum absolute atomic E-state index is 13.4. The van der Waals surface area contributed by atoms with Crippen LogP contribution in [0.3, 0.4) is 0 Å². The molecule has 4 aromatic carbocycles. The van der Waals surface area contributed by atoms with Gasteiger partial charge in [-0.05, 0) is 71.4 Å². The third-order valence-electron chi connectivity index (χ3n) is 4.47. The Morgan fingerprint density at radius 3 is 2.07 bits per heavy atom. The van der Waals surface area contributed by atoms with Crippen LogP contribution in [0.15, 0.2) is 105 Å². The smallest absolute Gasteiger partial charge is 0.263 e. The Bertz CT molecular complexity index is 1190. The molecule has 0 bridgehead atoms. The Balaban J connectivity index is 1.72. The fourth-order valence-electron chi connectivity index (χ4n) is 2.95. The van der Waals surface area contributed by atoms with E-state index in [0.717, 1.165) is 31.1 Å². The third kappa shape index (κ3) is 4.63. The number of nitrogens with zero attached hydrogens (tertiary/aromatic N) is 2. The Labute approximate surface area is 186 Å². The van der Waals surface area contributed by atoms with E-state index in [4.69, 9.17) is 0 Å². The largest absolute Gasteiger partial charge is 0.268 e. The van der Waals surface area contributed by atoms with E-state index in [2.05, 4.69) is 36.9 Å². The van der Waals surface area contributed by atoms with Crippen molar-refractivity contribution in [3.63, 3.8) is 0 Å². The molecule has 0 heterocycles. The van der Waals surface area contributed by atoms with Gasteiger partial charge in [-0.3, -0.25) is 9.69 Å². The molecule has 4 aromatic rings. The van der Waals surface area contributed by atoms with Gasteiger partial charge < -0.3 is 0 Å². The number of anilines is 1. The highest BCUT2D eigenvalue weighted by atomic mass is 79.9. The molecule has 142 valence electrons. The highest BCUT2D eigenvalue weighted by molar-refractivity contribution is 9.10. The molecule has 0 aromatic heterocycles. The summed E-state index contributed by atoms with van der Waals surface area (Å²) < 4.78 is 1.93. The van der Waals surface area contributed by atoms with Gasteiger partial charge in [-0.1, -0.05) is 62.2 Å². The molecular formula is C24H16Br2N2O. The number of aliphatic imine (C=N–C) groups is 1. The normalized spacial score (nSPS) is 11.1. The fourth-order valence-corrected chi connectivity index (χ4v) is 3.48. The molecule has 0 N–H and O–H groups in total. The van der Waals surface area contributed by atoms with Gasteiger partial charge in [-0.25, -0.2) is 4.99 Å². The second-order valence-corrected chi connectivity index (χ2v) is 8.27. The number of rotatable bonds is 4. The van der Waals surface area contributed by atoms with Crippen molar-refractivity contribution in [2.24, 2.45) is 4.99 Å². The molecule has 0 aliphatic heterocycles. The number of carbonyl (C=O) groups is 1. The highest BCUT2D eigenvalue weighted by Gasteiger charge is 2.17. The summed E-state index contributed by atoms with van der Waals surface area (Å²) in [6, 6.07) is 28.9. The van der Waals surface area contributed by atoms with Gasteiger partial charge in [-0.15, -0.1) is 0 Å². The third-order valence-corrected chi connectivity index (χ3v) is 5.53. The summed E-state index contributed by atoms with van der Waals surface area (Å²) in [5.74, 6) is -0.140. The van der Waals surface area contributed by atoms with Crippen LogP contribution >= 0.6 is 31.9 Å². The van der Waals surface area contributed by atoms with Crippen LogP contribution in [0.5, 0.6) is 0 Å². The standard InChI is InChI=1S/C24H16Br2N2O/c25-20-7-11-22(12-8-20)27-16-28(23-13-9-21(26)10-14-23)24(29)19-6-5-17-3-1-2-4-18(17)15-19/h1-16H. The number of halogens is 2. The monoisotopic (exact) mass is 506 g/mol. The molecule has 3 nitrogen and oxygen atoms in total. The molecule has 0 saturated heterocycles. The molecule has 0 unspecified atom stereocenters. The lowest BCUT2D eigenvalue weighted by Crippen LogP contribution is -2.29. The molecule has 1 amide bonds. The molecule has 0 atom stereocenters. The second kappa shape index (κ2) is 8.72. The van der Waals surface area contributed by atoms with Gasteiger partial charge in [0.25, 0.3) is 5.91 Å². The van der Waals surface area contributed by atoms with Gasteiger partial charge in [0.15, 0.2) is 0 Å². The van der Waals surface area contributed by atoms with Gasteiger partial charge in [0.2, 0.25) is 0 Å². The lowest BCUT2D eigenvalue weighted by molar-refractivity contribution is 0.100. The molecule has 0 saturated carbocycles. The topological polar surface area (TPSA) is 32.7 Å². The summed E-state index contributed by atoms with van der Waals surface area (Å²) in [6.07, 6.45) is 1.57. The van der Waals surface area contributed by atoms with Crippen molar-refractivity contribution >= 4 is 66.3 Å². The highest BCUT2D eigenvalue weighted by Crippen LogP contribution is 2.23. The summed E-state index contributed by atoms with van der Waals surface area (Å²) >= 11 is 6.87. The van der Waals surface area contributed by atoms with Crippen LogP contribution in [0.1, 0.15) is 10.4 Å². The predicted octanol–water partition coefficient (Wildman–Crippen LogP) is 7.37. The first-order valence-corrected chi connectivity index (χ1v) is 10.6. The van der Waals surface area contributed by atoms with E-state index in [0.29, 0.717) is 5.56 Å². The van der Waals surface area contributed by atoms with Crippen LogP contribution < -0.4 is 4.90 Å². The number of fused-ring (bicyclic) bond motifs is 1. The van der Waals surface area contributed by atoms with Crippen LogP contribution in [0.4, 0.5) is 11.4 Å². The number of carbonyl (C=O) groups excluding carboxylic acids is 1. The Morgan fingerprint density at radius 2 is 1.38 bits per heavy atom. The summed E-state index contributed by atoms with van der Waals surface area (Å²) in [4.78, 5) is 19.4. The summed E-state index contributed by atoms with van der Waals surface area (Å²) in [5, 5.41) is 2.13. The van der Waals surface area contributed by atoms with E-state index >= 15 is 0 Å². The van der Waals surface area contributed by atoms with Crippen molar-refractivity contribution < 1.29 is 4.79 Å². The minimum Gasteiger partial charge on any atom is -0.268 e. The van der Waals surface area contributed by atoms with Crippen molar-refractivity contribution in [2.75, 3.05) is 4.90 Å². The number of benzene rings is 4. The molecule has 29 heavy (non-hydrogen) atoms. The Hall–Kier alpha value is -2.76. The average Bonchev–Trinajstić information content (AvgIpc) is 2.76. The predicted molar refractivity (Wildman–Crippen MR) is 127 cm³/mol. The van der Waals surface area contributed by atoms with Crippen molar-refractivity contribution in [1.29, 1.82) is 0 Å². The second-order valence-electron chi connectivity index (χ2n) is 6.43. The van der Waals surface area contributed by atoms with Gasteiger partial charge in [0.05, 0.1) is 11.4 Å². The Morgan fingerprint density at radius 1 is 0.759 bits per heavy atom. The first-order valence-electron chi connectivity index (χ1n) is 8.98. The zero-order chi connectivity index (χ0) is 20.2. The molecule has 0 fully saturated rings. The lowest BCUT2D eigenvalue weighted by Gasteiger charge is -2.18. The quantitative estimate of drug-likeness (QED) is 0.209. The zero-order valence-electron chi connectivity index (χ0n) is 15.3. The van der Waals surface area contributed by atoms with Gasteiger partial charge >= 0.3 is 0 Å². The molecule has 0 aliphatic carbocycles. The first kappa shape index (κ1) is 19.6. The van der Waals surface area contributed by atoms with Crippen molar-refractivity contribution in [3.8, 4) is 0 Å². The molecular weight excluding hydrogens is 492 g/mol. The van der Waals surface area contributed by atoms with Crippen molar-refractivity contribution in [1.82, 2.24) is 0 Å². The van der Waals surface area contributed by atoms with E-state index in [1.54, 1.807) is 11.2 Å². The van der Waals surface area contributed by atoms with E-state index in [9.17, 15) is 4.79 Å². The van der Waals surface area contributed by atoms with E-state index in [1.807, 2.05) is 91.0 Å². The summed E-state index contributed by atoms with van der Waals surface area (Å²) in [5.41, 5.74) is 2.11. The van der Waals surface area contributed by atoms with Crippen LogP contribution in [-0.4, -0.2) is 12.2 Å². The number of hydrogen-bond donors (Lipinski definition) is 0. The van der Waals surface area contributed by atoms with Gasteiger partial charge in [-0.2, -0.15) is 0 Å². The molecule has 0 spiro atoms. The molecule has 0 aliphatic rings. The number of hydrogen-bond acceptors (Lipinski definition) is 2. The Kier molecular flexibility index (Phi) is 5.88. The first-order chi connectivity index (χ1) is 14.1. The maximum atomic E-state index is 13.4. The molecule has 5 heteroatoms. The van der Waals surface area contributed by atoms with Crippen LogP contribution in [-0.2, 0) is 0 Å². The van der Waals surface area contributed by atoms with Crippen LogP contribution in [0, 0.1) is 0 Å². The lowest BCUT2D eigenvalue weighted by atomic mass is 10.1. The van der Waals surface area contributed by atoms with Crippen molar-refractivity contribution in [2.45, 2.75) is 0 Å². The maximum Gasteiger partial charge on any atom is 0.263 e. The SMILES string of the molecule is O=C(c1ccc2ccccc2c1)N(C=Nc1ccc(Br)cc1)c1ccc(Br)cc1. The van der Waals surface area contributed by atoms with Crippen LogP contribution in [0.25, 0.3) is 10.8 Å². The van der Waals surface area contributed by atoms with Gasteiger partial charge in [0, 0.05) is 14.5 Å². The molecule has 4 rings (SSSR count). The fraction of sp³-hybridized carbons (Fsp3) is 0. The average molecular weight is 508 g/mol. The van der Waals surface area contributed by atoms with E-state index in [-0.39, 0.29) is 5.91 Å². The summed E-state index contributed by atoms with van der Waals surface area (Å²) in [6.45, 7) is 0.